The molecule has 0 saturated carbocycles. The Morgan fingerprint density at radius 3 is 2.65 bits per heavy atom. The standard InChI is InChI=1S/C19H14N2OS/c22-18-11-8-15-7-4-12-20-19(15)21(18)13-16-9-10-17(23-16)14-5-2-1-3-6-14/h1-12H,13H2. The molecule has 0 radical (unpaired) electrons. The van der Waals surface area contributed by atoms with Gasteiger partial charge in [0.2, 0.25) is 0 Å². The van der Waals surface area contributed by atoms with E-state index in [4.69, 9.17) is 0 Å². The summed E-state index contributed by atoms with van der Waals surface area (Å²) in [6, 6.07) is 21.8. The zero-order valence-electron chi connectivity index (χ0n) is 12.3. The molecule has 0 aliphatic carbocycles. The molecule has 0 unspecified atom stereocenters. The summed E-state index contributed by atoms with van der Waals surface area (Å²) in [5, 5.41) is 0.979. The van der Waals surface area contributed by atoms with Gasteiger partial charge in [0.15, 0.2) is 0 Å². The van der Waals surface area contributed by atoms with Gasteiger partial charge in [0.05, 0.1) is 6.54 Å². The molecule has 0 amide bonds. The van der Waals surface area contributed by atoms with Gasteiger partial charge in [-0.1, -0.05) is 30.3 Å². The molecular weight excluding hydrogens is 304 g/mol. The molecule has 0 fully saturated rings. The fourth-order valence-corrected chi connectivity index (χ4v) is 3.65. The van der Waals surface area contributed by atoms with Crippen LogP contribution in [-0.4, -0.2) is 9.55 Å². The maximum absolute atomic E-state index is 12.2. The summed E-state index contributed by atoms with van der Waals surface area (Å²) in [4.78, 5) is 19.0. The lowest BCUT2D eigenvalue weighted by Gasteiger charge is -2.07. The summed E-state index contributed by atoms with van der Waals surface area (Å²) < 4.78 is 1.73. The van der Waals surface area contributed by atoms with E-state index in [-0.39, 0.29) is 5.56 Å². The lowest BCUT2D eigenvalue weighted by Crippen LogP contribution is -2.20. The van der Waals surface area contributed by atoms with Gasteiger partial charge >= 0.3 is 0 Å². The van der Waals surface area contributed by atoms with Crippen molar-refractivity contribution in [1.29, 1.82) is 0 Å². The molecule has 4 rings (SSSR count). The fraction of sp³-hybridized carbons (Fsp3) is 0.0526. The van der Waals surface area contributed by atoms with Gasteiger partial charge in [-0.2, -0.15) is 0 Å². The molecule has 3 heterocycles. The summed E-state index contributed by atoms with van der Waals surface area (Å²) in [5.41, 5.74) is 1.91. The number of pyridine rings is 2. The second-order valence-electron chi connectivity index (χ2n) is 5.31. The van der Waals surface area contributed by atoms with Crippen LogP contribution in [0.4, 0.5) is 0 Å². The molecular formula is C19H14N2OS. The molecule has 0 saturated heterocycles. The van der Waals surface area contributed by atoms with Gasteiger partial charge in [-0.05, 0) is 35.9 Å². The summed E-state index contributed by atoms with van der Waals surface area (Å²) in [6.45, 7) is 0.546. The first-order valence-corrected chi connectivity index (χ1v) is 8.22. The molecule has 1 aromatic carbocycles. The Morgan fingerprint density at radius 2 is 1.78 bits per heavy atom. The minimum Gasteiger partial charge on any atom is -0.287 e. The molecule has 3 nitrogen and oxygen atoms in total. The lowest BCUT2D eigenvalue weighted by atomic mass is 10.2. The largest absolute Gasteiger partial charge is 0.287 e. The highest BCUT2D eigenvalue weighted by Crippen LogP contribution is 2.28. The topological polar surface area (TPSA) is 34.9 Å². The normalized spacial score (nSPS) is 11.0. The highest BCUT2D eigenvalue weighted by Gasteiger charge is 2.07. The quantitative estimate of drug-likeness (QED) is 0.568. The third-order valence-corrected chi connectivity index (χ3v) is 4.90. The Morgan fingerprint density at radius 1 is 0.913 bits per heavy atom. The SMILES string of the molecule is O=c1ccc2cccnc2n1Cc1ccc(-c2ccccc2)s1. The Balaban J connectivity index is 1.73. The Labute approximate surface area is 137 Å². The van der Waals surface area contributed by atoms with Crippen molar-refractivity contribution in [3.8, 4) is 10.4 Å². The van der Waals surface area contributed by atoms with Crippen LogP contribution < -0.4 is 5.56 Å². The minimum atomic E-state index is -0.0224. The van der Waals surface area contributed by atoms with E-state index >= 15 is 0 Å². The fourth-order valence-electron chi connectivity index (χ4n) is 2.65. The molecule has 4 aromatic rings. The zero-order chi connectivity index (χ0) is 15.6. The van der Waals surface area contributed by atoms with Crippen LogP contribution in [0, 0.1) is 0 Å². The van der Waals surface area contributed by atoms with Crippen LogP contribution in [0.25, 0.3) is 21.5 Å². The summed E-state index contributed by atoms with van der Waals surface area (Å²) in [6.07, 6.45) is 1.72. The maximum Gasteiger partial charge on any atom is 0.252 e. The molecule has 0 aliphatic rings. The smallest absolute Gasteiger partial charge is 0.252 e. The van der Waals surface area contributed by atoms with Crippen molar-refractivity contribution < 1.29 is 0 Å². The van der Waals surface area contributed by atoms with E-state index < -0.39 is 0 Å². The summed E-state index contributed by atoms with van der Waals surface area (Å²) in [7, 11) is 0. The van der Waals surface area contributed by atoms with Gasteiger partial charge in [-0.25, -0.2) is 4.98 Å². The van der Waals surface area contributed by atoms with E-state index in [9.17, 15) is 4.79 Å². The van der Waals surface area contributed by atoms with Crippen LogP contribution >= 0.6 is 11.3 Å². The molecule has 0 N–H and O–H groups in total. The van der Waals surface area contributed by atoms with Gasteiger partial charge in [0.25, 0.3) is 5.56 Å². The average molecular weight is 318 g/mol. The van der Waals surface area contributed by atoms with E-state index in [1.807, 2.05) is 36.4 Å². The first-order valence-electron chi connectivity index (χ1n) is 7.40. The van der Waals surface area contributed by atoms with E-state index in [0.29, 0.717) is 6.54 Å². The minimum absolute atomic E-state index is 0.0224. The second-order valence-corrected chi connectivity index (χ2v) is 6.47. The molecule has 0 spiro atoms. The van der Waals surface area contributed by atoms with Crippen LogP contribution in [0.2, 0.25) is 0 Å². The molecule has 112 valence electrons. The van der Waals surface area contributed by atoms with Crippen LogP contribution in [0.5, 0.6) is 0 Å². The molecule has 4 heteroatoms. The van der Waals surface area contributed by atoms with Crippen LogP contribution in [0.1, 0.15) is 4.88 Å². The van der Waals surface area contributed by atoms with Crippen LogP contribution in [0.3, 0.4) is 0 Å². The van der Waals surface area contributed by atoms with Gasteiger partial charge in [-0.15, -0.1) is 11.3 Å². The van der Waals surface area contributed by atoms with Crippen LogP contribution in [0.15, 0.2) is 77.7 Å². The number of benzene rings is 1. The van der Waals surface area contributed by atoms with Gasteiger partial charge in [0, 0.05) is 27.4 Å². The van der Waals surface area contributed by atoms with Crippen molar-refractivity contribution in [2.45, 2.75) is 6.54 Å². The van der Waals surface area contributed by atoms with Crippen molar-refractivity contribution in [2.75, 3.05) is 0 Å². The van der Waals surface area contributed by atoms with Crippen molar-refractivity contribution in [3.63, 3.8) is 0 Å². The zero-order valence-corrected chi connectivity index (χ0v) is 13.2. The first-order chi connectivity index (χ1) is 11.3. The number of nitrogens with zero attached hydrogens (tertiary/aromatic N) is 2. The van der Waals surface area contributed by atoms with Crippen molar-refractivity contribution in [3.05, 3.63) is 88.2 Å². The van der Waals surface area contributed by atoms with E-state index in [0.717, 1.165) is 15.9 Å². The number of hydrogen-bond acceptors (Lipinski definition) is 3. The van der Waals surface area contributed by atoms with Crippen molar-refractivity contribution in [2.24, 2.45) is 0 Å². The van der Waals surface area contributed by atoms with Gasteiger partial charge in [0.1, 0.15) is 5.65 Å². The second kappa shape index (κ2) is 5.82. The first kappa shape index (κ1) is 13.9. The van der Waals surface area contributed by atoms with E-state index in [1.54, 1.807) is 28.2 Å². The summed E-state index contributed by atoms with van der Waals surface area (Å²) in [5.74, 6) is 0. The predicted octanol–water partition coefficient (Wildman–Crippen LogP) is 4.17. The molecule has 3 aromatic heterocycles. The Hall–Kier alpha value is -2.72. The van der Waals surface area contributed by atoms with E-state index in [2.05, 4.69) is 29.2 Å². The number of rotatable bonds is 3. The number of thiophene rings is 1. The van der Waals surface area contributed by atoms with E-state index in [1.165, 1.54) is 10.4 Å². The maximum atomic E-state index is 12.2. The van der Waals surface area contributed by atoms with Crippen LogP contribution in [-0.2, 0) is 6.54 Å². The van der Waals surface area contributed by atoms with Gasteiger partial charge in [-0.3, -0.25) is 9.36 Å². The lowest BCUT2D eigenvalue weighted by molar-refractivity contribution is 0.795. The Bertz CT molecular complexity index is 1020. The third kappa shape index (κ3) is 2.69. The highest BCUT2D eigenvalue weighted by atomic mass is 32.1. The summed E-state index contributed by atoms with van der Waals surface area (Å²) >= 11 is 1.71. The molecule has 0 atom stereocenters. The van der Waals surface area contributed by atoms with Crippen molar-refractivity contribution in [1.82, 2.24) is 9.55 Å². The molecule has 23 heavy (non-hydrogen) atoms. The monoisotopic (exact) mass is 318 g/mol. The van der Waals surface area contributed by atoms with Crippen molar-refractivity contribution >= 4 is 22.4 Å². The van der Waals surface area contributed by atoms with Gasteiger partial charge < -0.3 is 0 Å². The Kier molecular flexibility index (Phi) is 3.52. The number of hydrogen-bond donors (Lipinski definition) is 0. The number of aromatic nitrogens is 2. The predicted molar refractivity (Wildman–Crippen MR) is 94.9 cm³/mol. The molecule has 0 bridgehead atoms. The number of fused-ring (bicyclic) bond motifs is 1. The highest BCUT2D eigenvalue weighted by molar-refractivity contribution is 7.15. The molecule has 0 aliphatic heterocycles. The third-order valence-electron chi connectivity index (χ3n) is 3.78. The average Bonchev–Trinajstić information content (AvgIpc) is 3.07.